The Morgan fingerprint density at radius 2 is 1.95 bits per heavy atom. The standard InChI is InChI=1S/C16H13BrO2/c1-10-7-12-14(18)9-15(11-5-3-2-4-6-11)19-16(12)13(17)8-10/h2-8,15H,9H2,1H3/t15-/m1/s1. The first-order valence-electron chi connectivity index (χ1n) is 6.20. The summed E-state index contributed by atoms with van der Waals surface area (Å²) in [6.07, 6.45) is 0.201. The Balaban J connectivity index is 2.03. The largest absolute Gasteiger partial charge is 0.483 e. The molecule has 0 bridgehead atoms. The van der Waals surface area contributed by atoms with Crippen LogP contribution in [0.3, 0.4) is 0 Å². The maximum atomic E-state index is 12.3. The van der Waals surface area contributed by atoms with Crippen LogP contribution < -0.4 is 4.74 Å². The van der Waals surface area contributed by atoms with E-state index in [1.165, 1.54) is 0 Å². The van der Waals surface area contributed by atoms with E-state index in [1.807, 2.05) is 49.4 Å². The first-order valence-corrected chi connectivity index (χ1v) is 6.99. The lowest BCUT2D eigenvalue weighted by molar-refractivity contribution is 0.0848. The highest BCUT2D eigenvalue weighted by Gasteiger charge is 2.29. The van der Waals surface area contributed by atoms with Crippen molar-refractivity contribution in [1.82, 2.24) is 0 Å². The van der Waals surface area contributed by atoms with E-state index in [4.69, 9.17) is 4.74 Å². The summed E-state index contributed by atoms with van der Waals surface area (Å²) in [5.74, 6) is 0.801. The Kier molecular flexibility index (Phi) is 3.15. The van der Waals surface area contributed by atoms with Gasteiger partial charge < -0.3 is 4.74 Å². The van der Waals surface area contributed by atoms with Crippen LogP contribution in [0.1, 0.15) is 34.0 Å². The second kappa shape index (κ2) is 4.82. The smallest absolute Gasteiger partial charge is 0.170 e. The summed E-state index contributed by atoms with van der Waals surface area (Å²) in [4.78, 5) is 12.3. The molecule has 19 heavy (non-hydrogen) atoms. The third-order valence-corrected chi connectivity index (χ3v) is 3.88. The van der Waals surface area contributed by atoms with Gasteiger partial charge in [-0.25, -0.2) is 0 Å². The molecule has 3 rings (SSSR count). The predicted octanol–water partition coefficient (Wildman–Crippen LogP) is 4.46. The van der Waals surface area contributed by atoms with Crippen molar-refractivity contribution in [2.45, 2.75) is 19.4 Å². The van der Waals surface area contributed by atoms with Crippen LogP contribution in [0.15, 0.2) is 46.9 Å². The summed E-state index contributed by atoms with van der Waals surface area (Å²) in [6.45, 7) is 1.97. The molecule has 1 aliphatic heterocycles. The molecular weight excluding hydrogens is 304 g/mol. The minimum Gasteiger partial charge on any atom is -0.483 e. The molecular formula is C16H13BrO2. The zero-order valence-electron chi connectivity index (χ0n) is 10.5. The number of hydrogen-bond donors (Lipinski definition) is 0. The van der Waals surface area contributed by atoms with E-state index >= 15 is 0 Å². The van der Waals surface area contributed by atoms with E-state index in [2.05, 4.69) is 15.9 Å². The van der Waals surface area contributed by atoms with Crippen LogP contribution in [0.2, 0.25) is 0 Å². The molecule has 1 aliphatic rings. The zero-order chi connectivity index (χ0) is 13.4. The highest BCUT2D eigenvalue weighted by molar-refractivity contribution is 9.10. The lowest BCUT2D eigenvalue weighted by Gasteiger charge is -2.26. The minimum absolute atomic E-state index is 0.138. The Bertz CT molecular complexity index is 635. The average molecular weight is 317 g/mol. The van der Waals surface area contributed by atoms with Gasteiger partial charge in [0, 0.05) is 0 Å². The molecule has 0 aromatic heterocycles. The van der Waals surface area contributed by atoms with Gasteiger partial charge in [0.1, 0.15) is 11.9 Å². The van der Waals surface area contributed by atoms with Gasteiger partial charge in [0.2, 0.25) is 0 Å². The highest BCUT2D eigenvalue weighted by Crippen LogP contribution is 2.40. The summed E-state index contributed by atoms with van der Waals surface area (Å²) in [5.41, 5.74) is 2.77. The monoisotopic (exact) mass is 316 g/mol. The van der Waals surface area contributed by atoms with Gasteiger partial charge in [-0.2, -0.15) is 0 Å². The number of ether oxygens (including phenoxy) is 1. The maximum Gasteiger partial charge on any atom is 0.170 e. The molecule has 0 unspecified atom stereocenters. The van der Waals surface area contributed by atoms with Crippen LogP contribution in [0, 0.1) is 6.92 Å². The Morgan fingerprint density at radius 3 is 2.68 bits per heavy atom. The SMILES string of the molecule is Cc1cc(Br)c2c(c1)C(=O)C[C@H](c1ccccc1)O2. The van der Waals surface area contributed by atoms with E-state index in [0.717, 1.165) is 15.6 Å². The van der Waals surface area contributed by atoms with E-state index in [9.17, 15) is 4.79 Å². The molecule has 0 radical (unpaired) electrons. The third-order valence-electron chi connectivity index (χ3n) is 3.29. The van der Waals surface area contributed by atoms with Gasteiger partial charge >= 0.3 is 0 Å². The number of carbonyl (C=O) groups excluding carboxylic acids is 1. The quantitative estimate of drug-likeness (QED) is 0.776. The summed E-state index contributed by atoms with van der Waals surface area (Å²) >= 11 is 3.48. The second-order valence-electron chi connectivity index (χ2n) is 4.77. The normalized spacial score (nSPS) is 17.8. The molecule has 0 saturated heterocycles. The number of carbonyl (C=O) groups is 1. The fourth-order valence-electron chi connectivity index (χ4n) is 2.37. The predicted molar refractivity (Wildman–Crippen MR) is 77.6 cm³/mol. The van der Waals surface area contributed by atoms with Crippen molar-refractivity contribution in [3.05, 3.63) is 63.6 Å². The summed E-state index contributed by atoms with van der Waals surface area (Å²) in [5, 5.41) is 0. The molecule has 1 heterocycles. The molecule has 0 saturated carbocycles. The van der Waals surface area contributed by atoms with Gasteiger partial charge in [-0.3, -0.25) is 4.79 Å². The number of halogens is 1. The molecule has 3 heteroatoms. The molecule has 1 atom stereocenters. The molecule has 0 amide bonds. The number of rotatable bonds is 1. The maximum absolute atomic E-state index is 12.3. The van der Waals surface area contributed by atoms with Gasteiger partial charge in [-0.05, 0) is 46.1 Å². The second-order valence-corrected chi connectivity index (χ2v) is 5.62. The van der Waals surface area contributed by atoms with Crippen LogP contribution >= 0.6 is 15.9 Å². The molecule has 2 aromatic rings. The van der Waals surface area contributed by atoms with E-state index in [-0.39, 0.29) is 11.9 Å². The van der Waals surface area contributed by atoms with Crippen LogP contribution in [-0.2, 0) is 0 Å². The fraction of sp³-hybridized carbons (Fsp3) is 0.188. The van der Waals surface area contributed by atoms with Gasteiger partial charge in [0.05, 0.1) is 16.5 Å². The molecule has 0 fully saturated rings. The lowest BCUT2D eigenvalue weighted by Crippen LogP contribution is -2.20. The van der Waals surface area contributed by atoms with Crippen molar-refractivity contribution >= 4 is 21.7 Å². The van der Waals surface area contributed by atoms with Crippen LogP contribution in [0.25, 0.3) is 0 Å². The Morgan fingerprint density at radius 1 is 1.21 bits per heavy atom. The highest BCUT2D eigenvalue weighted by atomic mass is 79.9. The summed E-state index contributed by atoms with van der Waals surface area (Å²) in [6, 6.07) is 13.7. The van der Waals surface area contributed by atoms with Gasteiger partial charge in [0.25, 0.3) is 0 Å². The lowest BCUT2D eigenvalue weighted by atomic mass is 9.95. The molecule has 0 spiro atoms. The third kappa shape index (κ3) is 2.30. The first kappa shape index (κ1) is 12.4. The average Bonchev–Trinajstić information content (AvgIpc) is 2.41. The van der Waals surface area contributed by atoms with E-state index in [1.54, 1.807) is 0 Å². The number of hydrogen-bond acceptors (Lipinski definition) is 2. The number of ketones is 1. The zero-order valence-corrected chi connectivity index (χ0v) is 12.1. The van der Waals surface area contributed by atoms with Crippen LogP contribution in [0.4, 0.5) is 0 Å². The Hall–Kier alpha value is -1.61. The topological polar surface area (TPSA) is 26.3 Å². The van der Waals surface area contributed by atoms with Crippen LogP contribution in [-0.4, -0.2) is 5.78 Å². The van der Waals surface area contributed by atoms with Crippen molar-refractivity contribution in [2.24, 2.45) is 0 Å². The Labute approximate surface area is 120 Å². The number of Topliss-reactive ketones (excluding diaryl/α,β-unsaturated/α-hetero) is 1. The van der Waals surface area contributed by atoms with Crippen molar-refractivity contribution < 1.29 is 9.53 Å². The van der Waals surface area contributed by atoms with Gasteiger partial charge in [-0.1, -0.05) is 30.3 Å². The summed E-state index contributed by atoms with van der Waals surface area (Å²) in [7, 11) is 0. The van der Waals surface area contributed by atoms with Crippen molar-refractivity contribution in [3.63, 3.8) is 0 Å². The van der Waals surface area contributed by atoms with Gasteiger partial charge in [0.15, 0.2) is 5.78 Å². The molecule has 2 nitrogen and oxygen atoms in total. The van der Waals surface area contributed by atoms with Crippen molar-refractivity contribution in [1.29, 1.82) is 0 Å². The number of aryl methyl sites for hydroxylation is 1. The molecule has 96 valence electrons. The first-order chi connectivity index (χ1) is 9.15. The fourth-order valence-corrected chi connectivity index (χ4v) is 3.04. The molecule has 2 aromatic carbocycles. The van der Waals surface area contributed by atoms with E-state index < -0.39 is 0 Å². The molecule has 0 N–H and O–H groups in total. The number of benzene rings is 2. The number of fused-ring (bicyclic) bond motifs is 1. The van der Waals surface area contributed by atoms with Crippen LogP contribution in [0.5, 0.6) is 5.75 Å². The minimum atomic E-state index is -0.194. The van der Waals surface area contributed by atoms with E-state index in [0.29, 0.717) is 17.7 Å². The van der Waals surface area contributed by atoms with Crippen molar-refractivity contribution in [2.75, 3.05) is 0 Å². The summed E-state index contributed by atoms with van der Waals surface area (Å²) < 4.78 is 6.85. The molecule has 0 aliphatic carbocycles. The van der Waals surface area contributed by atoms with Gasteiger partial charge in [-0.15, -0.1) is 0 Å². The van der Waals surface area contributed by atoms with Crippen molar-refractivity contribution in [3.8, 4) is 5.75 Å².